The van der Waals surface area contributed by atoms with Crippen molar-refractivity contribution in [2.75, 3.05) is 20.8 Å². The predicted octanol–water partition coefficient (Wildman–Crippen LogP) is 4.60. The Kier molecular flexibility index (Phi) is 6.25. The molecule has 0 saturated heterocycles. The number of ether oxygens (including phenoxy) is 3. The van der Waals surface area contributed by atoms with Gasteiger partial charge in [0, 0.05) is 10.6 Å². The Morgan fingerprint density at radius 1 is 0.964 bits per heavy atom. The van der Waals surface area contributed by atoms with E-state index >= 15 is 0 Å². The Hall–Kier alpha value is -2.53. The third-order valence-electron chi connectivity index (χ3n) is 5.28. The molecule has 0 atom stereocenters. The van der Waals surface area contributed by atoms with Gasteiger partial charge in [-0.25, -0.2) is 0 Å². The maximum Gasteiger partial charge on any atom is 0.317 e. The molecule has 0 aliphatic heterocycles. The SMILES string of the molecule is COc1ccc(C(=O)COC(=O)C2(c3ccc(Cl)cc3)CCCC2)cc1OC. The summed E-state index contributed by atoms with van der Waals surface area (Å²) in [7, 11) is 3.03. The zero-order valence-electron chi connectivity index (χ0n) is 16.0. The Bertz CT molecular complexity index is 854. The lowest BCUT2D eigenvalue weighted by atomic mass is 9.79. The van der Waals surface area contributed by atoms with Gasteiger partial charge in [-0.1, -0.05) is 36.6 Å². The first-order chi connectivity index (χ1) is 13.5. The van der Waals surface area contributed by atoms with Gasteiger partial charge in [-0.3, -0.25) is 9.59 Å². The number of halogens is 1. The van der Waals surface area contributed by atoms with E-state index in [4.69, 9.17) is 25.8 Å². The second-order valence-corrected chi connectivity index (χ2v) is 7.30. The van der Waals surface area contributed by atoms with Gasteiger partial charge in [0.05, 0.1) is 19.6 Å². The Morgan fingerprint density at radius 3 is 2.21 bits per heavy atom. The number of benzene rings is 2. The van der Waals surface area contributed by atoms with Gasteiger partial charge in [0.15, 0.2) is 23.9 Å². The van der Waals surface area contributed by atoms with Crippen LogP contribution in [0.4, 0.5) is 0 Å². The maximum atomic E-state index is 13.0. The van der Waals surface area contributed by atoms with Crippen molar-refractivity contribution < 1.29 is 23.8 Å². The molecule has 0 amide bonds. The molecule has 0 N–H and O–H groups in total. The van der Waals surface area contributed by atoms with E-state index in [9.17, 15) is 9.59 Å². The lowest BCUT2D eigenvalue weighted by Crippen LogP contribution is -2.35. The summed E-state index contributed by atoms with van der Waals surface area (Å²) >= 11 is 5.98. The van der Waals surface area contributed by atoms with Gasteiger partial charge in [0.25, 0.3) is 0 Å². The van der Waals surface area contributed by atoms with Crippen LogP contribution >= 0.6 is 11.6 Å². The Balaban J connectivity index is 1.73. The van der Waals surface area contributed by atoms with Crippen LogP contribution in [0.1, 0.15) is 41.6 Å². The van der Waals surface area contributed by atoms with E-state index in [2.05, 4.69) is 0 Å². The molecular formula is C22H23ClO5. The van der Waals surface area contributed by atoms with Crippen LogP contribution in [-0.4, -0.2) is 32.6 Å². The molecule has 0 radical (unpaired) electrons. The number of esters is 1. The lowest BCUT2D eigenvalue weighted by Gasteiger charge is -2.27. The predicted molar refractivity (Wildman–Crippen MR) is 106 cm³/mol. The molecule has 5 nitrogen and oxygen atoms in total. The first-order valence-electron chi connectivity index (χ1n) is 9.18. The van der Waals surface area contributed by atoms with Crippen molar-refractivity contribution in [1.82, 2.24) is 0 Å². The minimum Gasteiger partial charge on any atom is -0.493 e. The van der Waals surface area contributed by atoms with Crippen LogP contribution in [0.15, 0.2) is 42.5 Å². The zero-order valence-corrected chi connectivity index (χ0v) is 16.8. The van der Waals surface area contributed by atoms with Crippen LogP contribution < -0.4 is 9.47 Å². The van der Waals surface area contributed by atoms with Crippen LogP contribution in [0.2, 0.25) is 5.02 Å². The number of hydrogen-bond donors (Lipinski definition) is 0. The maximum absolute atomic E-state index is 13.0. The van der Waals surface area contributed by atoms with E-state index in [1.165, 1.54) is 14.2 Å². The zero-order chi connectivity index (χ0) is 20.1. The van der Waals surface area contributed by atoms with E-state index in [0.717, 1.165) is 18.4 Å². The second kappa shape index (κ2) is 8.65. The van der Waals surface area contributed by atoms with E-state index < -0.39 is 5.41 Å². The highest BCUT2D eigenvalue weighted by atomic mass is 35.5. The quantitative estimate of drug-likeness (QED) is 0.500. The minimum atomic E-state index is -0.706. The molecule has 6 heteroatoms. The standard InChI is InChI=1S/C22H23ClO5/c1-26-19-10-5-15(13-20(19)27-2)18(24)14-28-21(25)22(11-3-4-12-22)16-6-8-17(23)9-7-16/h5-10,13H,3-4,11-12,14H2,1-2H3. The third kappa shape index (κ3) is 3.99. The molecule has 28 heavy (non-hydrogen) atoms. The van der Waals surface area contributed by atoms with E-state index in [0.29, 0.717) is 34.9 Å². The minimum absolute atomic E-state index is 0.293. The van der Waals surface area contributed by atoms with Gasteiger partial charge in [-0.15, -0.1) is 0 Å². The topological polar surface area (TPSA) is 61.8 Å². The van der Waals surface area contributed by atoms with Crippen LogP contribution in [-0.2, 0) is 14.9 Å². The molecule has 1 fully saturated rings. The average Bonchev–Trinajstić information content (AvgIpc) is 3.22. The molecule has 2 aromatic rings. The second-order valence-electron chi connectivity index (χ2n) is 6.87. The highest BCUT2D eigenvalue weighted by Crippen LogP contribution is 2.42. The van der Waals surface area contributed by atoms with Crippen molar-refractivity contribution in [3.63, 3.8) is 0 Å². The summed E-state index contributed by atoms with van der Waals surface area (Å²) in [5.41, 5.74) is 0.582. The molecule has 2 aromatic carbocycles. The first kappa shape index (κ1) is 20.2. The summed E-state index contributed by atoms with van der Waals surface area (Å²) in [6.07, 6.45) is 3.30. The molecule has 0 aromatic heterocycles. The highest BCUT2D eigenvalue weighted by Gasteiger charge is 2.44. The largest absolute Gasteiger partial charge is 0.493 e. The number of rotatable bonds is 7. The van der Waals surface area contributed by atoms with Crippen molar-refractivity contribution in [2.45, 2.75) is 31.1 Å². The summed E-state index contributed by atoms with van der Waals surface area (Å²) < 4.78 is 15.9. The van der Waals surface area contributed by atoms with Crippen LogP contribution in [0.5, 0.6) is 11.5 Å². The van der Waals surface area contributed by atoms with Gasteiger partial charge in [-0.2, -0.15) is 0 Å². The molecular weight excluding hydrogens is 380 g/mol. The normalized spacial score (nSPS) is 15.1. The highest BCUT2D eigenvalue weighted by molar-refractivity contribution is 6.30. The van der Waals surface area contributed by atoms with Crippen molar-refractivity contribution in [3.8, 4) is 11.5 Å². The van der Waals surface area contributed by atoms with Crippen molar-refractivity contribution >= 4 is 23.4 Å². The van der Waals surface area contributed by atoms with Gasteiger partial charge in [0.1, 0.15) is 0 Å². The number of Topliss-reactive ketones (excluding diaryl/α,β-unsaturated/α-hetero) is 1. The van der Waals surface area contributed by atoms with Crippen LogP contribution in [0, 0.1) is 0 Å². The van der Waals surface area contributed by atoms with Crippen molar-refractivity contribution in [3.05, 3.63) is 58.6 Å². The van der Waals surface area contributed by atoms with Gasteiger partial charge >= 0.3 is 5.97 Å². The number of carbonyl (C=O) groups is 2. The van der Waals surface area contributed by atoms with Gasteiger partial charge in [0.2, 0.25) is 0 Å². The number of ketones is 1. The fourth-order valence-corrected chi connectivity index (χ4v) is 3.85. The lowest BCUT2D eigenvalue weighted by molar-refractivity contribution is -0.149. The van der Waals surface area contributed by atoms with Crippen molar-refractivity contribution in [1.29, 1.82) is 0 Å². The molecule has 0 spiro atoms. The average molecular weight is 403 g/mol. The molecule has 148 valence electrons. The molecule has 0 unspecified atom stereocenters. The molecule has 1 saturated carbocycles. The Labute approximate surface area is 169 Å². The fraction of sp³-hybridized carbons (Fsp3) is 0.364. The Morgan fingerprint density at radius 2 is 1.61 bits per heavy atom. The summed E-state index contributed by atoms with van der Waals surface area (Å²) in [5.74, 6) is 0.330. The van der Waals surface area contributed by atoms with Crippen molar-refractivity contribution in [2.24, 2.45) is 0 Å². The monoisotopic (exact) mass is 402 g/mol. The molecule has 1 aliphatic rings. The number of methoxy groups -OCH3 is 2. The number of hydrogen-bond acceptors (Lipinski definition) is 5. The molecule has 0 heterocycles. The smallest absolute Gasteiger partial charge is 0.317 e. The van der Waals surface area contributed by atoms with Gasteiger partial charge < -0.3 is 14.2 Å². The van der Waals surface area contributed by atoms with E-state index in [1.54, 1.807) is 30.3 Å². The molecule has 1 aliphatic carbocycles. The summed E-state index contributed by atoms with van der Waals surface area (Å²) in [6, 6.07) is 12.1. The third-order valence-corrected chi connectivity index (χ3v) is 5.54. The van der Waals surface area contributed by atoms with Crippen LogP contribution in [0.3, 0.4) is 0 Å². The van der Waals surface area contributed by atoms with Crippen LogP contribution in [0.25, 0.3) is 0 Å². The fourth-order valence-electron chi connectivity index (χ4n) is 3.72. The summed E-state index contributed by atoms with van der Waals surface area (Å²) in [6.45, 7) is -0.316. The molecule has 3 rings (SSSR count). The summed E-state index contributed by atoms with van der Waals surface area (Å²) in [4.78, 5) is 25.5. The summed E-state index contributed by atoms with van der Waals surface area (Å²) in [5, 5.41) is 0.619. The number of carbonyl (C=O) groups excluding carboxylic acids is 2. The van der Waals surface area contributed by atoms with E-state index in [-0.39, 0.29) is 18.4 Å². The molecule has 0 bridgehead atoms. The van der Waals surface area contributed by atoms with Gasteiger partial charge in [-0.05, 0) is 48.7 Å². The van der Waals surface area contributed by atoms with E-state index in [1.807, 2.05) is 12.1 Å². The first-order valence-corrected chi connectivity index (χ1v) is 9.56.